The second-order valence-electron chi connectivity index (χ2n) is 9.35. The van der Waals surface area contributed by atoms with Gasteiger partial charge in [0.2, 0.25) is 0 Å². The smallest absolute Gasteiger partial charge is 0.338 e. The highest BCUT2D eigenvalue weighted by Gasteiger charge is 2.34. The van der Waals surface area contributed by atoms with Crippen molar-refractivity contribution in [1.29, 1.82) is 0 Å². The van der Waals surface area contributed by atoms with Gasteiger partial charge >= 0.3 is 11.9 Å². The summed E-state index contributed by atoms with van der Waals surface area (Å²) >= 11 is 7.29. The van der Waals surface area contributed by atoms with Crippen molar-refractivity contribution in [3.63, 3.8) is 0 Å². The molecule has 0 amide bonds. The van der Waals surface area contributed by atoms with E-state index in [4.69, 9.17) is 30.2 Å². The molecule has 1 aliphatic rings. The molecule has 12 heteroatoms. The molecule has 10 nitrogen and oxygen atoms in total. The van der Waals surface area contributed by atoms with E-state index in [1.165, 1.54) is 23.8 Å². The number of methoxy groups -OCH3 is 1. The fourth-order valence-corrected chi connectivity index (χ4v) is 6.08. The molecule has 0 fully saturated rings. The van der Waals surface area contributed by atoms with Gasteiger partial charge in [0.1, 0.15) is 11.5 Å². The lowest BCUT2D eigenvalue weighted by molar-refractivity contribution is -0.139. The van der Waals surface area contributed by atoms with Gasteiger partial charge in [-0.25, -0.2) is 14.6 Å². The van der Waals surface area contributed by atoms with Gasteiger partial charge in [-0.3, -0.25) is 9.36 Å². The second-order valence-corrected chi connectivity index (χ2v) is 10.8. The molecule has 0 spiro atoms. The summed E-state index contributed by atoms with van der Waals surface area (Å²) in [5.74, 6) is 0.124. The zero-order valence-electron chi connectivity index (χ0n) is 23.7. The van der Waals surface area contributed by atoms with E-state index < -0.39 is 18.0 Å². The molecule has 2 aromatic carbocycles. The number of carbonyl (C=O) groups excluding carboxylic acids is 1. The number of furan rings is 1. The van der Waals surface area contributed by atoms with Gasteiger partial charge in [-0.1, -0.05) is 35.1 Å². The molecule has 222 valence electrons. The number of ether oxygens (including phenoxy) is 3. The van der Waals surface area contributed by atoms with E-state index in [0.29, 0.717) is 55.8 Å². The summed E-state index contributed by atoms with van der Waals surface area (Å²) in [6.45, 7) is 5.82. The van der Waals surface area contributed by atoms with Crippen LogP contribution in [0, 0.1) is 0 Å². The molecule has 0 unspecified atom stereocenters. The lowest BCUT2D eigenvalue weighted by atomic mass is 9.95. The summed E-state index contributed by atoms with van der Waals surface area (Å²) in [5, 5.41) is 9.32. The highest BCUT2D eigenvalue weighted by molar-refractivity contribution is 7.07. The third-order valence-corrected chi connectivity index (χ3v) is 8.00. The van der Waals surface area contributed by atoms with Crippen LogP contribution in [0.15, 0.2) is 74.0 Å². The Morgan fingerprint density at radius 3 is 2.58 bits per heavy atom. The number of fused-ring (bicyclic) bond motifs is 1. The van der Waals surface area contributed by atoms with Crippen molar-refractivity contribution in [2.45, 2.75) is 26.8 Å². The zero-order chi connectivity index (χ0) is 30.8. The molecule has 5 rings (SSSR count). The van der Waals surface area contributed by atoms with Gasteiger partial charge in [-0.15, -0.1) is 0 Å². The highest BCUT2D eigenvalue weighted by Crippen LogP contribution is 2.36. The Morgan fingerprint density at radius 1 is 1.12 bits per heavy atom. The second kappa shape index (κ2) is 12.3. The van der Waals surface area contributed by atoms with E-state index in [2.05, 4.69) is 4.99 Å². The molecule has 0 bridgehead atoms. The molecule has 2 aromatic heterocycles. The van der Waals surface area contributed by atoms with Crippen LogP contribution in [0.5, 0.6) is 11.5 Å². The Labute approximate surface area is 254 Å². The highest BCUT2D eigenvalue weighted by atomic mass is 35.5. The van der Waals surface area contributed by atoms with Gasteiger partial charge in [0.15, 0.2) is 16.3 Å². The predicted molar refractivity (Wildman–Crippen MR) is 161 cm³/mol. The summed E-state index contributed by atoms with van der Waals surface area (Å²) in [7, 11) is 1.54. The number of esters is 1. The first kappa shape index (κ1) is 29.9. The summed E-state index contributed by atoms with van der Waals surface area (Å²) in [6, 6.07) is 12.3. The van der Waals surface area contributed by atoms with Crippen molar-refractivity contribution in [2.24, 2.45) is 4.99 Å². The van der Waals surface area contributed by atoms with Crippen molar-refractivity contribution in [1.82, 2.24) is 4.57 Å². The number of aromatic nitrogens is 1. The van der Waals surface area contributed by atoms with Gasteiger partial charge in [-0.2, -0.15) is 0 Å². The average Bonchev–Trinajstić information content (AvgIpc) is 3.56. The number of carboxylic acids is 1. The monoisotopic (exact) mass is 622 g/mol. The van der Waals surface area contributed by atoms with Gasteiger partial charge in [0, 0.05) is 11.6 Å². The maximum atomic E-state index is 13.9. The van der Waals surface area contributed by atoms with E-state index in [-0.39, 0.29) is 28.3 Å². The van der Waals surface area contributed by atoms with Gasteiger partial charge < -0.3 is 23.7 Å². The number of rotatable bonds is 9. The Hall–Kier alpha value is -4.61. The van der Waals surface area contributed by atoms with Crippen molar-refractivity contribution < 1.29 is 33.3 Å². The molecule has 1 aliphatic heterocycles. The van der Waals surface area contributed by atoms with E-state index in [0.717, 1.165) is 11.3 Å². The molecule has 0 saturated heterocycles. The number of allylic oxidation sites excluding steroid dienone is 1. The standard InChI is InChI=1S/C31H27ClN2O8S/c1-5-40-24-14-18(8-11-23(24)39-4)27-26(30(38)41-6-2)16(3)33-31-34(27)28(35)25(43-31)15-19-9-12-22(42-19)17-7-10-20(29(36)37)21(32)13-17/h7-15,27H,5-6H2,1-4H3,(H,36,37)/b25-15-/t27-/m1/s1. The fourth-order valence-electron chi connectivity index (χ4n) is 4.80. The lowest BCUT2D eigenvalue weighted by Gasteiger charge is -2.25. The Bertz CT molecular complexity index is 1950. The van der Waals surface area contributed by atoms with Gasteiger partial charge in [-0.05, 0) is 62.7 Å². The average molecular weight is 623 g/mol. The number of carbonyl (C=O) groups is 2. The first-order valence-corrected chi connectivity index (χ1v) is 14.5. The van der Waals surface area contributed by atoms with E-state index in [9.17, 15) is 19.5 Å². The van der Waals surface area contributed by atoms with Crippen molar-refractivity contribution >= 4 is 41.0 Å². The normalized spacial score (nSPS) is 14.7. The molecule has 0 saturated carbocycles. The maximum absolute atomic E-state index is 13.9. The van der Waals surface area contributed by atoms with Crippen LogP contribution in [-0.4, -0.2) is 41.9 Å². The van der Waals surface area contributed by atoms with Crippen LogP contribution in [0.3, 0.4) is 0 Å². The minimum absolute atomic E-state index is 0.0180. The minimum Gasteiger partial charge on any atom is -0.493 e. The molecule has 3 heterocycles. The number of hydrogen-bond donors (Lipinski definition) is 1. The van der Waals surface area contributed by atoms with Crippen LogP contribution < -0.4 is 24.4 Å². The lowest BCUT2D eigenvalue weighted by Crippen LogP contribution is -2.39. The zero-order valence-corrected chi connectivity index (χ0v) is 25.2. The summed E-state index contributed by atoms with van der Waals surface area (Å²) in [5.41, 5.74) is 1.49. The van der Waals surface area contributed by atoms with Crippen LogP contribution in [0.1, 0.15) is 48.5 Å². The Morgan fingerprint density at radius 2 is 1.91 bits per heavy atom. The topological polar surface area (TPSA) is 130 Å². The Balaban J connectivity index is 1.62. The summed E-state index contributed by atoms with van der Waals surface area (Å²) in [6.07, 6.45) is 1.60. The number of aromatic carboxylic acids is 1. The third kappa shape index (κ3) is 5.73. The molecule has 0 radical (unpaired) electrons. The van der Waals surface area contributed by atoms with Crippen LogP contribution >= 0.6 is 22.9 Å². The fraction of sp³-hybridized carbons (Fsp3) is 0.226. The molecule has 1 atom stereocenters. The van der Waals surface area contributed by atoms with E-state index in [1.54, 1.807) is 56.3 Å². The van der Waals surface area contributed by atoms with Crippen LogP contribution in [0.2, 0.25) is 5.02 Å². The first-order chi connectivity index (χ1) is 20.7. The van der Waals surface area contributed by atoms with Gasteiger partial charge in [0.25, 0.3) is 5.56 Å². The summed E-state index contributed by atoms with van der Waals surface area (Å²) in [4.78, 5) is 43.4. The number of thiazole rings is 1. The van der Waals surface area contributed by atoms with Crippen molar-refractivity contribution in [3.8, 4) is 22.8 Å². The molecule has 1 N–H and O–H groups in total. The SMILES string of the molecule is CCOC(=O)C1=C(C)N=c2s/c(=C\c3ccc(-c4ccc(C(=O)O)c(Cl)c4)o3)c(=O)n2[C@@H]1c1ccc(OC)c(OCC)c1. The van der Waals surface area contributed by atoms with Gasteiger partial charge in [0.05, 0.1) is 52.8 Å². The number of carboxylic acid groups (broad SMARTS) is 1. The van der Waals surface area contributed by atoms with E-state index >= 15 is 0 Å². The number of nitrogens with zero attached hydrogens (tertiary/aromatic N) is 2. The third-order valence-electron chi connectivity index (χ3n) is 6.70. The minimum atomic E-state index is -1.13. The van der Waals surface area contributed by atoms with E-state index in [1.807, 2.05) is 6.92 Å². The maximum Gasteiger partial charge on any atom is 0.338 e. The molecular formula is C31H27ClN2O8S. The quantitative estimate of drug-likeness (QED) is 0.263. The Kier molecular flexibility index (Phi) is 8.56. The molecule has 43 heavy (non-hydrogen) atoms. The predicted octanol–water partition coefficient (Wildman–Crippen LogP) is 4.82. The summed E-state index contributed by atoms with van der Waals surface area (Å²) < 4.78 is 24.3. The molecular weight excluding hydrogens is 596 g/mol. The largest absolute Gasteiger partial charge is 0.493 e. The molecule has 4 aromatic rings. The molecule has 0 aliphatic carbocycles. The van der Waals surface area contributed by atoms with Crippen LogP contribution in [0.25, 0.3) is 17.4 Å². The van der Waals surface area contributed by atoms with Crippen molar-refractivity contribution in [3.05, 3.63) is 101 Å². The van der Waals surface area contributed by atoms with Crippen LogP contribution in [0.4, 0.5) is 0 Å². The first-order valence-electron chi connectivity index (χ1n) is 13.3. The van der Waals surface area contributed by atoms with Crippen LogP contribution in [-0.2, 0) is 9.53 Å². The number of benzene rings is 2. The number of hydrogen-bond acceptors (Lipinski definition) is 9. The number of halogens is 1. The van der Waals surface area contributed by atoms with Crippen molar-refractivity contribution in [2.75, 3.05) is 20.3 Å².